The molecule has 0 radical (unpaired) electrons. The lowest BCUT2D eigenvalue weighted by atomic mass is 9.64. The molecule has 1 saturated carbocycles. The minimum absolute atomic E-state index is 0.0281. The standard InChI is InChI=1S/C40H45ClFN6O4P/c1-43-37-31(10-7-11-32(37)48(45-52)33-12-13-34(49)53(39(33)51)24-25-8-5-4-6-9-25)47-20-18-40(19-21-47)16-14-26(15-17-40)27-22-29(41)35(42)36-28(27)23-30(44-36)38(50)46(2)3/h4-11,22-23,26,33,43-44H,12-21,24H2,1-3H3. The van der Waals surface area contributed by atoms with Crippen molar-refractivity contribution >= 4 is 64.4 Å². The lowest BCUT2D eigenvalue weighted by Crippen LogP contribution is -2.43. The van der Waals surface area contributed by atoms with E-state index in [9.17, 15) is 19.3 Å². The lowest BCUT2D eigenvalue weighted by molar-refractivity contribution is -0.117. The summed E-state index contributed by atoms with van der Waals surface area (Å²) in [6.45, 7) is 1.66. The Labute approximate surface area is 315 Å². The highest BCUT2D eigenvalue weighted by atomic mass is 35.5. The van der Waals surface area contributed by atoms with Gasteiger partial charge >= 0.3 is 0 Å². The van der Waals surface area contributed by atoms with E-state index in [0.717, 1.165) is 79.5 Å². The van der Waals surface area contributed by atoms with Gasteiger partial charge < -0.3 is 20.1 Å². The molecule has 0 bridgehead atoms. The van der Waals surface area contributed by atoms with Crippen molar-refractivity contribution in [1.82, 2.24) is 9.88 Å². The van der Waals surface area contributed by atoms with Crippen molar-refractivity contribution in [2.45, 2.75) is 69.5 Å². The topological polar surface area (TPSA) is 118 Å². The molecule has 1 amide bonds. The fraction of sp³-hybridized carbons (Fsp3) is 0.425. The fourth-order valence-corrected chi connectivity index (χ4v) is 11.1. The molecule has 10 nitrogen and oxygen atoms in total. The van der Waals surface area contributed by atoms with Crippen LogP contribution in [0, 0.1) is 16.1 Å². The van der Waals surface area contributed by atoms with Gasteiger partial charge in [-0.25, -0.2) is 9.40 Å². The molecule has 2 atom stereocenters. The van der Waals surface area contributed by atoms with Crippen LogP contribution in [0.3, 0.4) is 0 Å². The molecule has 13 heteroatoms. The number of rotatable bonds is 9. The Kier molecular flexibility index (Phi) is 10.6. The lowest BCUT2D eigenvalue weighted by Gasteiger charge is -2.47. The molecule has 3 fully saturated rings. The zero-order chi connectivity index (χ0) is 37.4. The molecular weight excluding hydrogens is 714 g/mol. The van der Waals surface area contributed by atoms with E-state index in [1.54, 1.807) is 26.2 Å². The number of aromatic amines is 1. The monoisotopic (exact) mass is 758 g/mol. The quantitative estimate of drug-likeness (QED) is 0.0994. The number of hydrogen-bond donors (Lipinski definition) is 2. The first-order valence-corrected chi connectivity index (χ1v) is 20.2. The summed E-state index contributed by atoms with van der Waals surface area (Å²) in [4.78, 5) is 58.8. The molecule has 278 valence electrons. The first kappa shape index (κ1) is 37.0. The summed E-state index contributed by atoms with van der Waals surface area (Å²) in [6.07, 6.45) is 6.83. The van der Waals surface area contributed by atoms with E-state index in [2.05, 4.69) is 20.5 Å². The molecule has 1 aromatic heterocycles. The summed E-state index contributed by atoms with van der Waals surface area (Å²) < 4.78 is 15.1. The van der Waals surface area contributed by atoms with E-state index in [-0.39, 0.29) is 51.7 Å². The summed E-state index contributed by atoms with van der Waals surface area (Å²) in [5.41, 5.74) is 4.73. The maximum atomic E-state index is 15.1. The van der Waals surface area contributed by atoms with Gasteiger partial charge in [0.25, 0.3) is 5.91 Å². The number of nitroso groups, excluding NO2 is 1. The normalized spacial score (nSPS) is 20.5. The van der Waals surface area contributed by atoms with Gasteiger partial charge in [0.1, 0.15) is 11.7 Å². The summed E-state index contributed by atoms with van der Waals surface area (Å²) in [6, 6.07) is 18.0. The molecule has 2 N–H and O–H groups in total. The van der Waals surface area contributed by atoms with Crippen molar-refractivity contribution < 1.29 is 18.8 Å². The van der Waals surface area contributed by atoms with Gasteiger partial charge in [0.2, 0.25) is 0 Å². The number of amides is 1. The number of fused-ring (bicyclic) bond motifs is 1. The second kappa shape index (κ2) is 15.2. The van der Waals surface area contributed by atoms with Crippen LogP contribution < -0.4 is 15.2 Å². The third-order valence-corrected chi connectivity index (χ3v) is 14.3. The second-order valence-electron chi connectivity index (χ2n) is 14.9. The van der Waals surface area contributed by atoms with Gasteiger partial charge in [-0.3, -0.25) is 14.4 Å². The number of nitrogens with zero attached hydrogens (tertiary/aromatic N) is 4. The van der Waals surface area contributed by atoms with Gasteiger partial charge in [-0.05, 0) is 91.7 Å². The average molecular weight is 759 g/mol. The summed E-state index contributed by atoms with van der Waals surface area (Å²) in [5.74, 6) is -0.543. The Morgan fingerprint density at radius 3 is 2.42 bits per heavy atom. The molecule has 3 aromatic carbocycles. The predicted octanol–water partition coefficient (Wildman–Crippen LogP) is 9.03. The average Bonchev–Trinajstić information content (AvgIpc) is 3.62. The molecule has 3 aliphatic rings. The van der Waals surface area contributed by atoms with Gasteiger partial charge in [-0.1, -0.05) is 48.0 Å². The molecule has 53 heavy (non-hydrogen) atoms. The number of nitrogens with one attached hydrogen (secondary N) is 2. The van der Waals surface area contributed by atoms with Crippen molar-refractivity contribution in [2.24, 2.45) is 10.7 Å². The molecule has 2 saturated heterocycles. The van der Waals surface area contributed by atoms with Crippen LogP contribution in [-0.4, -0.2) is 67.1 Å². The van der Waals surface area contributed by atoms with E-state index in [1.807, 2.05) is 55.6 Å². The summed E-state index contributed by atoms with van der Waals surface area (Å²) in [5, 5.41) is 8.77. The zero-order valence-electron chi connectivity index (χ0n) is 30.3. The highest BCUT2D eigenvalue weighted by Crippen LogP contribution is 2.53. The Balaban J connectivity index is 1.05. The van der Waals surface area contributed by atoms with E-state index in [0.29, 0.717) is 17.5 Å². The van der Waals surface area contributed by atoms with Gasteiger partial charge in [0.05, 0.1) is 32.9 Å². The summed E-state index contributed by atoms with van der Waals surface area (Å²) in [7, 11) is 3.55. The van der Waals surface area contributed by atoms with Crippen molar-refractivity contribution in [3.63, 3.8) is 0 Å². The van der Waals surface area contributed by atoms with Crippen molar-refractivity contribution in [1.29, 1.82) is 0 Å². The smallest absolute Gasteiger partial charge is 0.269 e. The molecule has 4 aromatic rings. The number of anilines is 3. The van der Waals surface area contributed by atoms with Crippen LogP contribution in [0.4, 0.5) is 21.5 Å². The van der Waals surface area contributed by atoms with Crippen molar-refractivity contribution in [3.8, 4) is 0 Å². The molecule has 2 unspecified atom stereocenters. The number of H-pyrrole nitrogens is 1. The highest BCUT2D eigenvalue weighted by Gasteiger charge is 2.43. The highest BCUT2D eigenvalue weighted by molar-refractivity contribution is 7.88. The molecule has 3 heterocycles. The number of carbonyl (C=O) groups excluding carboxylic acids is 3. The largest absolute Gasteiger partial charge is 0.385 e. The van der Waals surface area contributed by atoms with Crippen LogP contribution in [0.15, 0.2) is 65.9 Å². The van der Waals surface area contributed by atoms with Crippen LogP contribution >= 0.6 is 19.5 Å². The Morgan fingerprint density at radius 1 is 1.04 bits per heavy atom. The van der Waals surface area contributed by atoms with E-state index in [1.165, 1.54) is 9.91 Å². The Morgan fingerprint density at radius 2 is 1.75 bits per heavy atom. The summed E-state index contributed by atoms with van der Waals surface area (Å²) >= 11 is 6.38. The van der Waals surface area contributed by atoms with Crippen molar-refractivity contribution in [2.75, 3.05) is 49.5 Å². The van der Waals surface area contributed by atoms with Gasteiger partial charge in [0.15, 0.2) is 16.9 Å². The molecule has 1 spiro atoms. The SMILES string of the molecule is CNc1c(N2CCC3(CCC(c4cc(Cl)c(F)c5[nH]c(C(=O)N(C)C)cc45)CC3)CC2)cccc1N(N=O)C1CCC(=O)P(Cc2ccccc2)C1=O. The Bertz CT molecular complexity index is 2040. The number of carbonyl (C=O) groups is 3. The van der Waals surface area contributed by atoms with Crippen LogP contribution in [0.2, 0.25) is 5.02 Å². The van der Waals surface area contributed by atoms with E-state index in [4.69, 9.17) is 11.6 Å². The third kappa shape index (κ3) is 7.06. The fourth-order valence-electron chi connectivity index (χ4n) is 8.70. The molecule has 2 aliphatic heterocycles. The zero-order valence-corrected chi connectivity index (χ0v) is 32.0. The van der Waals surface area contributed by atoms with Crippen LogP contribution in [0.5, 0.6) is 0 Å². The Hall–Kier alpha value is -4.34. The predicted molar refractivity (Wildman–Crippen MR) is 211 cm³/mol. The maximum Gasteiger partial charge on any atom is 0.269 e. The first-order valence-electron chi connectivity index (χ1n) is 18.3. The molecule has 7 rings (SSSR count). The number of para-hydroxylation sites is 1. The van der Waals surface area contributed by atoms with E-state index < -0.39 is 19.8 Å². The number of benzene rings is 3. The first-order chi connectivity index (χ1) is 25.5. The van der Waals surface area contributed by atoms with Crippen LogP contribution in [-0.2, 0) is 15.8 Å². The minimum atomic E-state index is -1.61. The number of halogens is 2. The molecule has 1 aliphatic carbocycles. The van der Waals surface area contributed by atoms with Gasteiger partial charge in [0, 0.05) is 60.1 Å². The number of aromatic nitrogens is 1. The van der Waals surface area contributed by atoms with Crippen LogP contribution in [0.25, 0.3) is 10.9 Å². The number of hydrogen-bond acceptors (Lipinski definition) is 7. The minimum Gasteiger partial charge on any atom is -0.385 e. The van der Waals surface area contributed by atoms with E-state index >= 15 is 4.39 Å². The maximum absolute atomic E-state index is 15.1. The van der Waals surface area contributed by atoms with Gasteiger partial charge in [-0.15, -0.1) is 4.91 Å². The second-order valence-corrected chi connectivity index (χ2v) is 17.4. The van der Waals surface area contributed by atoms with Crippen LogP contribution in [0.1, 0.15) is 78.9 Å². The number of piperidine rings is 1. The van der Waals surface area contributed by atoms with Gasteiger partial charge in [-0.2, -0.15) is 0 Å². The third-order valence-electron chi connectivity index (χ3n) is 11.7. The molecular formula is C40H45ClFN6O4P. The van der Waals surface area contributed by atoms with Crippen molar-refractivity contribution in [3.05, 3.63) is 93.2 Å².